The molecule has 1 fully saturated rings. The summed E-state index contributed by atoms with van der Waals surface area (Å²) < 4.78 is 37.9. The van der Waals surface area contributed by atoms with Crippen molar-refractivity contribution in [3.8, 4) is 11.1 Å². The van der Waals surface area contributed by atoms with Crippen LogP contribution in [0.4, 0.5) is 20.2 Å². The van der Waals surface area contributed by atoms with Gasteiger partial charge in [0, 0.05) is 75.9 Å². The number of fused-ring (bicyclic) bond motifs is 7. The SMILES string of the molecule is C=Cc1ccc(C2(C3=CC=C(F)CC3)c3cc(N(C4=CC5C(C=C4)OC4CCC(N6C7=CCC(CC7)C7=CC=CC(C8C=CC=CC8)/C7=C/C7=CC=C(CC7)C7CCC=CC7c7ccc6cc7-c6ccc(F)cc6)=CC45)C4CC=C(C5=CC(C6=CCCC=C6)=CCC5)CC4)ccc3C3C=CCCC32)cc1. The van der Waals surface area contributed by atoms with Gasteiger partial charge < -0.3 is 14.5 Å². The molecule has 105 heavy (non-hydrogen) atoms. The number of hydrogen-bond acceptors (Lipinski definition) is 3. The van der Waals surface area contributed by atoms with E-state index in [9.17, 15) is 0 Å². The quantitative estimate of drug-likeness (QED) is 0.139. The van der Waals surface area contributed by atoms with Crippen LogP contribution in [0.1, 0.15) is 174 Å². The zero-order valence-electron chi connectivity index (χ0n) is 60.8. The van der Waals surface area contributed by atoms with Crippen LogP contribution in [0.2, 0.25) is 0 Å². The molecule has 6 aliphatic heterocycles. The average Bonchev–Trinajstić information content (AvgIpc) is 1.54. The Morgan fingerprint density at radius 1 is 0.562 bits per heavy atom. The van der Waals surface area contributed by atoms with Gasteiger partial charge in [0.15, 0.2) is 0 Å². The molecule has 1 saturated heterocycles. The fraction of sp³-hybridized carbons (Fsp3) is 0.340. The van der Waals surface area contributed by atoms with Gasteiger partial charge in [-0.15, -0.1) is 0 Å². The highest BCUT2D eigenvalue weighted by atomic mass is 19.1. The fourth-order valence-electron chi connectivity index (χ4n) is 22.0. The van der Waals surface area contributed by atoms with E-state index in [1.54, 1.807) is 23.8 Å². The lowest BCUT2D eigenvalue weighted by molar-refractivity contribution is 0.0518. The molecule has 0 aromatic heterocycles. The number of nitrogens with zero attached hydrogens (tertiary/aromatic N) is 2. The summed E-state index contributed by atoms with van der Waals surface area (Å²) in [6.45, 7) is 4.17. The maximum Gasteiger partial charge on any atom is 0.123 e. The number of halogens is 2. The maximum atomic E-state index is 15.4. The summed E-state index contributed by atoms with van der Waals surface area (Å²) in [4.78, 5) is 5.46. The third-order valence-electron chi connectivity index (χ3n) is 27.1. The van der Waals surface area contributed by atoms with Crippen molar-refractivity contribution < 1.29 is 13.5 Å². The maximum absolute atomic E-state index is 15.4. The Hall–Kier alpha value is -9.16. The molecule has 4 aromatic carbocycles. The van der Waals surface area contributed by atoms with Crippen molar-refractivity contribution in [2.45, 2.75) is 170 Å². The molecular formula is C100H98F2N2O. The van der Waals surface area contributed by atoms with Gasteiger partial charge in [-0.05, 0) is 279 Å². The van der Waals surface area contributed by atoms with E-state index in [-0.39, 0.29) is 53.6 Å². The molecule has 4 aromatic rings. The monoisotopic (exact) mass is 1380 g/mol. The molecule has 0 spiro atoms. The summed E-state index contributed by atoms with van der Waals surface area (Å²) in [6.07, 6.45) is 88.2. The Labute approximate surface area is 622 Å². The van der Waals surface area contributed by atoms with E-state index < -0.39 is 5.41 Å². The zero-order valence-corrected chi connectivity index (χ0v) is 60.8. The molecule has 0 radical (unpaired) electrons. The number of ether oxygens (including phenoxy) is 1. The molecule has 0 amide bonds. The summed E-state index contributed by atoms with van der Waals surface area (Å²) in [5.74, 6) is 2.25. The summed E-state index contributed by atoms with van der Waals surface area (Å²) in [7, 11) is 0. The third-order valence-corrected chi connectivity index (χ3v) is 27.1. The lowest BCUT2D eigenvalue weighted by Crippen LogP contribution is -2.39. The number of anilines is 2. The molecule has 13 aliphatic carbocycles. The summed E-state index contributed by atoms with van der Waals surface area (Å²) in [5.41, 5.74) is 27.8. The molecule has 13 atom stereocenters. The van der Waals surface area contributed by atoms with Crippen molar-refractivity contribution >= 4 is 17.5 Å². The van der Waals surface area contributed by atoms with Gasteiger partial charge in [0.05, 0.1) is 12.2 Å². The summed E-state index contributed by atoms with van der Waals surface area (Å²) >= 11 is 0. The molecule has 0 N–H and O–H groups in total. The first-order valence-corrected chi connectivity index (χ1v) is 40.3. The molecular weight excluding hydrogens is 1280 g/mol. The van der Waals surface area contributed by atoms with Crippen LogP contribution in [0.15, 0.2) is 329 Å². The second-order valence-corrected chi connectivity index (χ2v) is 32.6. The lowest BCUT2D eigenvalue weighted by Gasteiger charge is -2.43. The van der Waals surface area contributed by atoms with Gasteiger partial charge in [0.25, 0.3) is 0 Å². The van der Waals surface area contributed by atoms with Gasteiger partial charge in [-0.1, -0.05) is 224 Å². The van der Waals surface area contributed by atoms with Crippen LogP contribution in [-0.2, 0) is 10.2 Å². The molecule has 528 valence electrons. The standard InChI is InChI=1S/C100H98F2N2O/c1-2-65-29-39-75(40-30-65)100(76-41-45-78(102)46-42-76)96-26-12-11-23-90(96)91-56-52-84(64-97(91)100)104(79-47-35-68(36-48-79)74-20-13-19-73(60-74)67-15-5-3-6-16-67)83-54-58-99-95(63-83)94-62-82(53-57-98(94)105-99)103-80-49-37-71(38-50-80)87-25-14-24-86(69-17-7-4-8-18-69)93(87)59-66-27-31-70(32-28-66)85-21-9-10-22-88(85)89-55-51-81(103)61-92(89)72-33-43-77(101)44-34-72/h2,4-5,7-8,10-11,14-17,19,22-25,27,29-31,33-35,39-41,43-45,49,51-52,54-56,58-64,69,71,79,85-86,88,90,94-96,98-99H,1,3,6,9,12-13,18,20-21,26,28,32,36-38,42,46-48,50,53,57H2/b93-59-. The minimum atomic E-state index is -0.446. The Kier molecular flexibility index (Phi) is 17.9. The highest BCUT2D eigenvalue weighted by Gasteiger charge is 2.55. The molecule has 3 nitrogen and oxygen atoms in total. The minimum Gasteiger partial charge on any atom is -0.370 e. The van der Waals surface area contributed by atoms with Crippen molar-refractivity contribution in [2.24, 2.45) is 41.4 Å². The predicted molar refractivity (Wildman–Crippen MR) is 430 cm³/mol. The van der Waals surface area contributed by atoms with Crippen LogP contribution in [0.5, 0.6) is 0 Å². The van der Waals surface area contributed by atoms with Gasteiger partial charge in [0.1, 0.15) is 11.6 Å². The van der Waals surface area contributed by atoms with Gasteiger partial charge in [-0.3, -0.25) is 0 Å². The zero-order chi connectivity index (χ0) is 70.1. The molecule has 13 unspecified atom stereocenters. The second kappa shape index (κ2) is 28.3. The third kappa shape index (κ3) is 12.2. The van der Waals surface area contributed by atoms with Gasteiger partial charge in [0.2, 0.25) is 0 Å². The van der Waals surface area contributed by atoms with Crippen molar-refractivity contribution in [2.75, 3.05) is 9.80 Å². The Morgan fingerprint density at radius 3 is 2.24 bits per heavy atom. The first-order chi connectivity index (χ1) is 51.8. The molecule has 5 heteroatoms. The van der Waals surface area contributed by atoms with Gasteiger partial charge in [-0.2, -0.15) is 0 Å². The van der Waals surface area contributed by atoms with Crippen LogP contribution in [0.3, 0.4) is 0 Å². The van der Waals surface area contributed by atoms with Crippen LogP contribution < -0.4 is 9.80 Å². The number of rotatable bonds is 11. The predicted octanol–water partition coefficient (Wildman–Crippen LogP) is 25.5. The Balaban J connectivity index is 0.731. The number of benzene rings is 4. The first-order valence-electron chi connectivity index (χ1n) is 40.3. The van der Waals surface area contributed by atoms with Crippen molar-refractivity contribution in [3.05, 3.63) is 362 Å². The van der Waals surface area contributed by atoms with E-state index in [0.717, 1.165) is 133 Å². The number of hydrogen-bond donors (Lipinski definition) is 0. The smallest absolute Gasteiger partial charge is 0.123 e. The highest BCUT2D eigenvalue weighted by molar-refractivity contribution is 5.76. The minimum absolute atomic E-state index is 0.0338. The van der Waals surface area contributed by atoms with E-state index in [4.69, 9.17) is 4.74 Å². The highest BCUT2D eigenvalue weighted by Crippen LogP contribution is 2.63. The number of allylic oxidation sites excluding steroid dienone is 35. The first kappa shape index (κ1) is 66.5. The Morgan fingerprint density at radius 2 is 1.44 bits per heavy atom. The van der Waals surface area contributed by atoms with Crippen molar-refractivity contribution in [1.29, 1.82) is 0 Å². The van der Waals surface area contributed by atoms with E-state index in [0.29, 0.717) is 42.4 Å². The molecule has 6 heterocycles. The molecule has 0 saturated carbocycles. The molecule has 6 bridgehead atoms. The summed E-state index contributed by atoms with van der Waals surface area (Å²) in [6, 6.07) is 31.7. The average molecular weight is 1380 g/mol. The van der Waals surface area contributed by atoms with Crippen LogP contribution in [-0.4, -0.2) is 18.2 Å². The van der Waals surface area contributed by atoms with Crippen LogP contribution >= 0.6 is 0 Å². The summed E-state index contributed by atoms with van der Waals surface area (Å²) in [5, 5.41) is 0. The molecule has 23 rings (SSSR count). The van der Waals surface area contributed by atoms with E-state index in [1.165, 1.54) is 101 Å². The Bertz CT molecular complexity index is 4860. The van der Waals surface area contributed by atoms with E-state index >= 15 is 8.78 Å². The normalized spacial score (nSPS) is 31.7. The largest absolute Gasteiger partial charge is 0.370 e. The van der Waals surface area contributed by atoms with Crippen molar-refractivity contribution in [1.82, 2.24) is 0 Å². The molecule has 19 aliphatic rings. The van der Waals surface area contributed by atoms with Gasteiger partial charge in [-0.25, -0.2) is 8.78 Å². The van der Waals surface area contributed by atoms with E-state index in [1.807, 2.05) is 18.2 Å². The van der Waals surface area contributed by atoms with E-state index in [2.05, 4.69) is 235 Å². The lowest BCUT2D eigenvalue weighted by atomic mass is 9.60. The second-order valence-electron chi connectivity index (χ2n) is 32.6. The topological polar surface area (TPSA) is 15.7 Å². The van der Waals surface area contributed by atoms with Gasteiger partial charge >= 0.3 is 0 Å². The fourth-order valence-corrected chi connectivity index (χ4v) is 22.0. The van der Waals surface area contributed by atoms with Crippen LogP contribution in [0, 0.1) is 47.2 Å². The van der Waals surface area contributed by atoms with Crippen LogP contribution in [0.25, 0.3) is 17.2 Å². The van der Waals surface area contributed by atoms with Crippen molar-refractivity contribution in [3.63, 3.8) is 0 Å².